The van der Waals surface area contributed by atoms with Crippen LogP contribution in [0.5, 0.6) is 5.75 Å². The number of ether oxygens (including phenoxy) is 1. The smallest absolute Gasteiger partial charge is 0.243 e. The topological polar surface area (TPSA) is 69.2 Å². The predicted octanol–water partition coefficient (Wildman–Crippen LogP) is 2.01. The third-order valence-electron chi connectivity index (χ3n) is 4.93. The highest BCUT2D eigenvalue weighted by atomic mass is 16.5. The summed E-state index contributed by atoms with van der Waals surface area (Å²) in [6.07, 6.45) is 5.40. The minimum atomic E-state index is -0.152. The first-order valence-electron chi connectivity index (χ1n) is 9.84. The maximum Gasteiger partial charge on any atom is 0.243 e. The average molecular weight is 406 g/mol. The number of anilines is 2. The van der Waals surface area contributed by atoms with E-state index in [9.17, 15) is 4.79 Å². The lowest BCUT2D eigenvalue weighted by atomic mass is 10.2. The molecule has 2 N–H and O–H groups in total. The molecule has 0 unspecified atom stereocenters. The molecule has 2 aromatic carbocycles. The van der Waals surface area contributed by atoms with Gasteiger partial charge < -0.3 is 25.2 Å². The zero-order chi connectivity index (χ0) is 21.3. The molecule has 1 heterocycles. The number of amides is 1. The molecule has 1 aliphatic rings. The van der Waals surface area contributed by atoms with Crippen molar-refractivity contribution < 1.29 is 9.53 Å². The highest BCUT2D eigenvalue weighted by molar-refractivity contribution is 5.95. The van der Waals surface area contributed by atoms with E-state index in [4.69, 9.17) is 11.2 Å². The Bertz CT molecular complexity index is 943. The Morgan fingerprint density at radius 3 is 2.63 bits per heavy atom. The van der Waals surface area contributed by atoms with Crippen LogP contribution in [-0.4, -0.2) is 63.6 Å². The van der Waals surface area contributed by atoms with Crippen LogP contribution in [0.4, 0.5) is 11.4 Å². The van der Waals surface area contributed by atoms with Crippen molar-refractivity contribution >= 4 is 23.2 Å². The maximum absolute atomic E-state index is 12.3. The molecule has 7 heteroatoms. The minimum Gasteiger partial charge on any atom is -0.497 e. The maximum atomic E-state index is 12.3. The van der Waals surface area contributed by atoms with Crippen molar-refractivity contribution in [1.82, 2.24) is 10.2 Å². The van der Waals surface area contributed by atoms with Gasteiger partial charge in [0.05, 0.1) is 13.7 Å². The van der Waals surface area contributed by atoms with Crippen LogP contribution in [0, 0.1) is 12.3 Å². The zero-order valence-corrected chi connectivity index (χ0v) is 17.4. The molecule has 7 nitrogen and oxygen atoms in total. The van der Waals surface area contributed by atoms with E-state index in [2.05, 4.69) is 37.4 Å². The van der Waals surface area contributed by atoms with Crippen molar-refractivity contribution in [3.8, 4) is 18.1 Å². The second kappa shape index (κ2) is 10.2. The fourth-order valence-electron chi connectivity index (χ4n) is 3.37. The van der Waals surface area contributed by atoms with Gasteiger partial charge in [0.2, 0.25) is 5.91 Å². The van der Waals surface area contributed by atoms with Crippen LogP contribution >= 0.6 is 0 Å². The third-order valence-corrected chi connectivity index (χ3v) is 4.93. The molecule has 0 saturated carbocycles. The summed E-state index contributed by atoms with van der Waals surface area (Å²) in [4.78, 5) is 21.1. The summed E-state index contributed by atoms with van der Waals surface area (Å²) in [5.74, 6) is 3.98. The highest BCUT2D eigenvalue weighted by Crippen LogP contribution is 2.22. The van der Waals surface area contributed by atoms with Gasteiger partial charge in [-0.2, -0.15) is 0 Å². The minimum absolute atomic E-state index is 0.128. The third kappa shape index (κ3) is 5.45. The molecular weight excluding hydrogens is 378 g/mol. The molecule has 0 aromatic heterocycles. The monoisotopic (exact) mass is 405 g/mol. The summed E-state index contributed by atoms with van der Waals surface area (Å²) in [7, 11) is 3.40. The van der Waals surface area contributed by atoms with E-state index in [-0.39, 0.29) is 12.5 Å². The Labute approximate surface area is 177 Å². The molecule has 30 heavy (non-hydrogen) atoms. The Balaban J connectivity index is 1.49. The van der Waals surface area contributed by atoms with Gasteiger partial charge in [0.15, 0.2) is 5.96 Å². The molecule has 0 spiro atoms. The zero-order valence-electron chi connectivity index (χ0n) is 17.4. The summed E-state index contributed by atoms with van der Waals surface area (Å²) >= 11 is 0. The van der Waals surface area contributed by atoms with Crippen LogP contribution in [0.25, 0.3) is 0 Å². The van der Waals surface area contributed by atoms with Crippen LogP contribution in [-0.2, 0) is 4.79 Å². The van der Waals surface area contributed by atoms with Gasteiger partial charge in [-0.3, -0.25) is 9.79 Å². The number of nitrogens with one attached hydrogen (secondary N) is 2. The van der Waals surface area contributed by atoms with Crippen LogP contribution in [0.1, 0.15) is 5.56 Å². The van der Waals surface area contributed by atoms with E-state index in [1.165, 1.54) is 0 Å². The average Bonchev–Trinajstić information content (AvgIpc) is 2.80. The van der Waals surface area contributed by atoms with E-state index in [0.29, 0.717) is 11.6 Å². The van der Waals surface area contributed by atoms with Crippen LogP contribution in [0.3, 0.4) is 0 Å². The fraction of sp³-hybridized carbons (Fsp3) is 0.304. The summed E-state index contributed by atoms with van der Waals surface area (Å²) in [5, 5.41) is 5.99. The van der Waals surface area contributed by atoms with Crippen molar-refractivity contribution in [2.24, 2.45) is 4.99 Å². The van der Waals surface area contributed by atoms with E-state index in [0.717, 1.165) is 43.2 Å². The number of piperazine rings is 1. The summed E-state index contributed by atoms with van der Waals surface area (Å²) < 4.78 is 5.32. The SMILES string of the molecule is C#Cc1cccc(NC(=O)CNC(=NC)N2CCN(c3cccc(OC)c3)CC2)c1. The van der Waals surface area contributed by atoms with Crippen molar-refractivity contribution in [1.29, 1.82) is 0 Å². The van der Waals surface area contributed by atoms with Gasteiger partial charge in [0, 0.05) is 56.2 Å². The van der Waals surface area contributed by atoms with E-state index >= 15 is 0 Å². The molecular formula is C23H27N5O2. The molecule has 0 atom stereocenters. The Kier molecular flexibility index (Phi) is 7.17. The lowest BCUT2D eigenvalue weighted by Gasteiger charge is -2.37. The van der Waals surface area contributed by atoms with Gasteiger partial charge in [-0.15, -0.1) is 6.42 Å². The number of rotatable bonds is 5. The van der Waals surface area contributed by atoms with Crippen LogP contribution in [0.2, 0.25) is 0 Å². The first-order valence-corrected chi connectivity index (χ1v) is 9.84. The van der Waals surface area contributed by atoms with Crippen molar-refractivity contribution in [2.45, 2.75) is 0 Å². The molecule has 0 radical (unpaired) electrons. The number of benzene rings is 2. The number of hydrogen-bond acceptors (Lipinski definition) is 4. The Morgan fingerprint density at radius 2 is 1.93 bits per heavy atom. The number of carbonyl (C=O) groups excluding carboxylic acids is 1. The van der Waals surface area contributed by atoms with Crippen molar-refractivity contribution in [2.75, 3.05) is 57.1 Å². The molecule has 1 aliphatic heterocycles. The second-order valence-electron chi connectivity index (χ2n) is 6.85. The lowest BCUT2D eigenvalue weighted by molar-refractivity contribution is -0.115. The molecule has 3 rings (SSSR count). The Hall–Kier alpha value is -3.66. The number of guanidine groups is 1. The van der Waals surface area contributed by atoms with Gasteiger partial charge in [0.1, 0.15) is 5.75 Å². The molecule has 0 aliphatic carbocycles. The quantitative estimate of drug-likeness (QED) is 0.453. The summed E-state index contributed by atoms with van der Waals surface area (Å²) in [6, 6.07) is 15.3. The van der Waals surface area contributed by atoms with Gasteiger partial charge in [-0.05, 0) is 30.3 Å². The van der Waals surface area contributed by atoms with Gasteiger partial charge in [0.25, 0.3) is 0 Å². The first kappa shape index (κ1) is 21.1. The number of hydrogen-bond donors (Lipinski definition) is 2. The van der Waals surface area contributed by atoms with Gasteiger partial charge in [-0.25, -0.2) is 0 Å². The van der Waals surface area contributed by atoms with Crippen LogP contribution < -0.4 is 20.3 Å². The summed E-state index contributed by atoms with van der Waals surface area (Å²) in [6.45, 7) is 3.46. The predicted molar refractivity (Wildman–Crippen MR) is 121 cm³/mol. The first-order chi connectivity index (χ1) is 14.6. The van der Waals surface area contributed by atoms with E-state index in [1.54, 1.807) is 20.2 Å². The number of methoxy groups -OCH3 is 1. The molecule has 156 valence electrons. The fourth-order valence-corrected chi connectivity index (χ4v) is 3.37. The normalized spacial score (nSPS) is 14.1. The number of carbonyl (C=O) groups is 1. The molecule has 1 amide bonds. The van der Waals surface area contributed by atoms with Gasteiger partial charge >= 0.3 is 0 Å². The Morgan fingerprint density at radius 1 is 1.17 bits per heavy atom. The van der Waals surface area contributed by atoms with E-state index in [1.807, 2.05) is 36.4 Å². The number of aliphatic imine (C=N–C) groups is 1. The number of terminal acetylenes is 1. The second-order valence-corrected chi connectivity index (χ2v) is 6.85. The molecule has 1 saturated heterocycles. The molecule has 1 fully saturated rings. The van der Waals surface area contributed by atoms with Gasteiger partial charge in [-0.1, -0.05) is 18.1 Å². The molecule has 0 bridgehead atoms. The number of nitrogens with zero attached hydrogens (tertiary/aromatic N) is 3. The van der Waals surface area contributed by atoms with Crippen molar-refractivity contribution in [3.05, 3.63) is 54.1 Å². The van der Waals surface area contributed by atoms with E-state index < -0.39 is 0 Å². The van der Waals surface area contributed by atoms with Crippen molar-refractivity contribution in [3.63, 3.8) is 0 Å². The largest absolute Gasteiger partial charge is 0.497 e. The standard InChI is InChI=1S/C23H27N5O2/c1-4-18-7-5-8-19(15-18)26-22(29)17-25-23(24-2)28-13-11-27(12-14-28)20-9-6-10-21(16-20)30-3/h1,5-10,15-16H,11-14,17H2,2-3H3,(H,24,25)(H,26,29). The molecule has 2 aromatic rings. The van der Waals surface area contributed by atoms with Crippen LogP contribution in [0.15, 0.2) is 53.5 Å². The summed E-state index contributed by atoms with van der Waals surface area (Å²) in [5.41, 5.74) is 2.55. The lowest BCUT2D eigenvalue weighted by Crippen LogP contribution is -2.53. The highest BCUT2D eigenvalue weighted by Gasteiger charge is 2.20.